The second-order valence-electron chi connectivity index (χ2n) is 4.53. The lowest BCUT2D eigenvalue weighted by atomic mass is 10.0. The van der Waals surface area contributed by atoms with Crippen molar-refractivity contribution in [3.8, 4) is 0 Å². The third-order valence-electron chi connectivity index (χ3n) is 2.05. The Balaban J connectivity index is 4.27. The fourth-order valence-electron chi connectivity index (χ4n) is 1.30. The summed E-state index contributed by atoms with van der Waals surface area (Å²) < 4.78 is 0. The Morgan fingerprint density at radius 3 is 2.25 bits per heavy atom. The molecule has 16 heavy (non-hydrogen) atoms. The van der Waals surface area contributed by atoms with E-state index in [9.17, 15) is 9.59 Å². The first-order valence-corrected chi connectivity index (χ1v) is 5.63. The Bertz CT molecular complexity index is 246. The summed E-state index contributed by atoms with van der Waals surface area (Å²) in [5.41, 5.74) is 5.23. The van der Waals surface area contributed by atoms with E-state index in [0.29, 0.717) is 13.1 Å². The highest BCUT2D eigenvalue weighted by Crippen LogP contribution is 2.06. The monoisotopic (exact) mass is 229 g/mol. The lowest BCUT2D eigenvalue weighted by molar-refractivity contribution is -0.136. The molecule has 0 aromatic heterocycles. The minimum Gasteiger partial charge on any atom is -0.355 e. The van der Waals surface area contributed by atoms with Crippen molar-refractivity contribution >= 4 is 11.8 Å². The van der Waals surface area contributed by atoms with E-state index in [1.54, 1.807) is 13.8 Å². The molecule has 5 nitrogen and oxygen atoms in total. The number of hydrogen-bond acceptors (Lipinski definition) is 3. The maximum absolute atomic E-state index is 11.8. The van der Waals surface area contributed by atoms with E-state index in [0.717, 1.165) is 0 Å². The van der Waals surface area contributed by atoms with Gasteiger partial charge in [0.25, 0.3) is 0 Å². The molecule has 0 aromatic rings. The Morgan fingerprint density at radius 2 is 1.88 bits per heavy atom. The van der Waals surface area contributed by atoms with Gasteiger partial charge in [0.15, 0.2) is 0 Å². The van der Waals surface area contributed by atoms with Crippen molar-refractivity contribution < 1.29 is 9.59 Å². The molecule has 0 unspecified atom stereocenters. The van der Waals surface area contributed by atoms with Crippen molar-refractivity contribution in [1.29, 1.82) is 0 Å². The normalized spacial score (nSPS) is 11.1. The van der Waals surface area contributed by atoms with Crippen LogP contribution in [0.4, 0.5) is 0 Å². The van der Waals surface area contributed by atoms with Gasteiger partial charge in [-0.05, 0) is 27.7 Å². The predicted octanol–water partition coefficient (Wildman–Crippen LogP) is 0.0984. The number of carbonyl (C=O) groups excluding carboxylic acids is 2. The number of hydrogen-bond donors (Lipinski definition) is 2. The molecule has 0 aliphatic heterocycles. The molecule has 0 heterocycles. The minimum absolute atomic E-state index is 0.0822. The maximum Gasteiger partial charge on any atom is 0.239 e. The summed E-state index contributed by atoms with van der Waals surface area (Å²) in [5, 5.41) is 2.66. The largest absolute Gasteiger partial charge is 0.355 e. The van der Waals surface area contributed by atoms with Crippen molar-refractivity contribution in [3.05, 3.63) is 0 Å². The van der Waals surface area contributed by atoms with Gasteiger partial charge in [-0.15, -0.1) is 0 Å². The van der Waals surface area contributed by atoms with Crippen LogP contribution >= 0.6 is 0 Å². The van der Waals surface area contributed by atoms with Gasteiger partial charge in [-0.25, -0.2) is 0 Å². The topological polar surface area (TPSA) is 75.4 Å². The first-order valence-electron chi connectivity index (χ1n) is 5.63. The number of nitrogens with two attached hydrogens (primary N) is 1. The van der Waals surface area contributed by atoms with Gasteiger partial charge in [0.1, 0.15) is 0 Å². The Hall–Kier alpha value is -1.10. The van der Waals surface area contributed by atoms with E-state index in [4.69, 9.17) is 5.73 Å². The van der Waals surface area contributed by atoms with E-state index < -0.39 is 5.54 Å². The average Bonchev–Trinajstić information content (AvgIpc) is 2.11. The van der Waals surface area contributed by atoms with Gasteiger partial charge in [0.2, 0.25) is 11.8 Å². The summed E-state index contributed by atoms with van der Waals surface area (Å²) in [4.78, 5) is 24.7. The molecular weight excluding hydrogens is 206 g/mol. The number of amides is 2. The molecule has 94 valence electrons. The minimum atomic E-state index is -0.536. The molecule has 0 aromatic carbocycles. The molecular formula is C11H23N3O2. The average molecular weight is 229 g/mol. The Labute approximate surface area is 97.4 Å². The number of nitrogens with zero attached hydrogens (tertiary/aromatic N) is 1. The molecule has 0 aliphatic rings. The van der Waals surface area contributed by atoms with Crippen molar-refractivity contribution in [3.63, 3.8) is 0 Å². The van der Waals surface area contributed by atoms with Crippen molar-refractivity contribution in [2.75, 3.05) is 19.6 Å². The molecule has 0 spiro atoms. The summed E-state index contributed by atoms with van der Waals surface area (Å²) in [6, 6.07) is 0. The van der Waals surface area contributed by atoms with Gasteiger partial charge in [-0.2, -0.15) is 0 Å². The quantitative estimate of drug-likeness (QED) is 0.678. The summed E-state index contributed by atoms with van der Waals surface area (Å²) >= 11 is 0. The first kappa shape index (κ1) is 14.9. The van der Waals surface area contributed by atoms with E-state index in [1.807, 2.05) is 13.8 Å². The third-order valence-corrected chi connectivity index (χ3v) is 2.05. The van der Waals surface area contributed by atoms with Crippen LogP contribution < -0.4 is 11.1 Å². The lowest BCUT2D eigenvalue weighted by Gasteiger charge is -2.25. The van der Waals surface area contributed by atoms with Crippen LogP contribution in [0.3, 0.4) is 0 Å². The van der Waals surface area contributed by atoms with Crippen LogP contribution in [-0.4, -0.2) is 41.9 Å². The molecule has 0 bridgehead atoms. The SMILES string of the molecule is CCNC(=O)CN(CC)C(=O)CC(C)(C)N. The van der Waals surface area contributed by atoms with Crippen molar-refractivity contribution in [2.45, 2.75) is 39.7 Å². The molecule has 0 fully saturated rings. The zero-order chi connectivity index (χ0) is 12.8. The number of carbonyl (C=O) groups is 2. The molecule has 5 heteroatoms. The summed E-state index contributed by atoms with van der Waals surface area (Å²) in [6.07, 6.45) is 0.250. The van der Waals surface area contributed by atoms with Crippen LogP contribution in [0.15, 0.2) is 0 Å². The highest BCUT2D eigenvalue weighted by Gasteiger charge is 2.21. The molecule has 0 atom stereocenters. The molecule has 0 saturated heterocycles. The van der Waals surface area contributed by atoms with Crippen molar-refractivity contribution in [1.82, 2.24) is 10.2 Å². The lowest BCUT2D eigenvalue weighted by Crippen LogP contribution is -2.45. The molecule has 0 radical (unpaired) electrons. The zero-order valence-corrected chi connectivity index (χ0v) is 10.7. The number of rotatable bonds is 6. The van der Waals surface area contributed by atoms with Crippen molar-refractivity contribution in [2.24, 2.45) is 5.73 Å². The molecule has 3 N–H and O–H groups in total. The van der Waals surface area contributed by atoms with E-state index in [-0.39, 0.29) is 24.8 Å². The Kier molecular flexibility index (Phi) is 6.03. The van der Waals surface area contributed by atoms with Crippen LogP contribution in [0.25, 0.3) is 0 Å². The van der Waals surface area contributed by atoms with Crippen LogP contribution in [0.1, 0.15) is 34.1 Å². The number of likely N-dealkylation sites (N-methyl/N-ethyl adjacent to an activating group) is 2. The van der Waals surface area contributed by atoms with Crippen LogP contribution in [-0.2, 0) is 9.59 Å². The van der Waals surface area contributed by atoms with Gasteiger partial charge >= 0.3 is 0 Å². The second-order valence-corrected chi connectivity index (χ2v) is 4.53. The van der Waals surface area contributed by atoms with Gasteiger partial charge < -0.3 is 16.0 Å². The molecule has 2 amide bonds. The van der Waals surface area contributed by atoms with Gasteiger partial charge in [-0.1, -0.05) is 0 Å². The fraction of sp³-hybridized carbons (Fsp3) is 0.818. The van der Waals surface area contributed by atoms with E-state index in [1.165, 1.54) is 4.90 Å². The highest BCUT2D eigenvalue weighted by molar-refractivity contribution is 5.85. The zero-order valence-electron chi connectivity index (χ0n) is 10.7. The summed E-state index contributed by atoms with van der Waals surface area (Å²) in [7, 11) is 0. The maximum atomic E-state index is 11.8. The Morgan fingerprint density at radius 1 is 1.31 bits per heavy atom. The van der Waals surface area contributed by atoms with Crippen LogP contribution in [0.5, 0.6) is 0 Å². The molecule has 0 rings (SSSR count). The standard InChI is InChI=1S/C11H23N3O2/c1-5-13-9(15)8-14(6-2)10(16)7-11(3,4)12/h5-8,12H2,1-4H3,(H,13,15). The summed E-state index contributed by atoms with van der Waals surface area (Å²) in [6.45, 7) is 8.49. The summed E-state index contributed by atoms with van der Waals surface area (Å²) in [5.74, 6) is -0.214. The van der Waals surface area contributed by atoms with E-state index >= 15 is 0 Å². The fourth-order valence-corrected chi connectivity index (χ4v) is 1.30. The molecule has 0 aliphatic carbocycles. The smallest absolute Gasteiger partial charge is 0.239 e. The van der Waals surface area contributed by atoms with Gasteiger partial charge in [0.05, 0.1) is 6.54 Å². The first-order chi connectivity index (χ1) is 7.30. The van der Waals surface area contributed by atoms with E-state index in [2.05, 4.69) is 5.32 Å². The second kappa shape index (κ2) is 6.48. The van der Waals surface area contributed by atoms with Crippen LogP contribution in [0.2, 0.25) is 0 Å². The van der Waals surface area contributed by atoms with Gasteiger partial charge in [-0.3, -0.25) is 9.59 Å². The third kappa shape index (κ3) is 6.40. The molecule has 0 saturated carbocycles. The van der Waals surface area contributed by atoms with Crippen LogP contribution in [0, 0.1) is 0 Å². The highest BCUT2D eigenvalue weighted by atomic mass is 16.2. The predicted molar refractivity (Wildman–Crippen MR) is 63.8 cm³/mol. The van der Waals surface area contributed by atoms with Gasteiger partial charge in [0, 0.05) is 25.0 Å². The number of nitrogens with one attached hydrogen (secondary N) is 1.